The van der Waals surface area contributed by atoms with Gasteiger partial charge < -0.3 is 16.2 Å². The lowest BCUT2D eigenvalue weighted by atomic mass is 10.1. The number of carbonyl (C=O) groups excluding carboxylic acids is 1. The van der Waals surface area contributed by atoms with Crippen LogP contribution in [-0.2, 0) is 0 Å². The summed E-state index contributed by atoms with van der Waals surface area (Å²) in [4.78, 5) is 12.7. The standard InChI is InChI=1S/C14H17BrN2O2S/c1-8(4-5-18)7-17-14(19)13-12(16)10-3-2-9(15)6-11(10)20-13/h2-3,6,8,18H,4-5,7,16H2,1H3,(H,17,19). The van der Waals surface area contributed by atoms with Crippen molar-refractivity contribution in [1.29, 1.82) is 0 Å². The number of thiophene rings is 1. The molecule has 1 aromatic carbocycles. The van der Waals surface area contributed by atoms with Crippen LogP contribution in [0.2, 0.25) is 0 Å². The molecule has 0 bridgehead atoms. The van der Waals surface area contributed by atoms with Crippen LogP contribution in [0.25, 0.3) is 10.1 Å². The Morgan fingerprint density at radius 3 is 3.00 bits per heavy atom. The van der Waals surface area contributed by atoms with E-state index in [1.165, 1.54) is 11.3 Å². The first kappa shape index (κ1) is 15.3. The van der Waals surface area contributed by atoms with E-state index in [1.807, 2.05) is 25.1 Å². The van der Waals surface area contributed by atoms with Gasteiger partial charge in [-0.25, -0.2) is 0 Å². The lowest BCUT2D eigenvalue weighted by molar-refractivity contribution is 0.0950. The van der Waals surface area contributed by atoms with Crippen molar-refractivity contribution >= 4 is 48.9 Å². The van der Waals surface area contributed by atoms with Gasteiger partial charge in [0.2, 0.25) is 0 Å². The zero-order valence-electron chi connectivity index (χ0n) is 11.1. The van der Waals surface area contributed by atoms with Crippen molar-refractivity contribution in [2.75, 3.05) is 18.9 Å². The Morgan fingerprint density at radius 1 is 1.55 bits per heavy atom. The molecule has 6 heteroatoms. The maximum absolute atomic E-state index is 12.2. The molecule has 0 aliphatic heterocycles. The molecule has 0 saturated heterocycles. The van der Waals surface area contributed by atoms with Crippen molar-refractivity contribution in [3.63, 3.8) is 0 Å². The number of carbonyl (C=O) groups is 1. The first-order chi connectivity index (χ1) is 9.52. The van der Waals surface area contributed by atoms with E-state index in [1.54, 1.807) is 0 Å². The minimum absolute atomic E-state index is 0.135. The first-order valence-corrected chi connectivity index (χ1v) is 8.00. The van der Waals surface area contributed by atoms with Gasteiger partial charge in [0, 0.05) is 27.7 Å². The van der Waals surface area contributed by atoms with Crippen LogP contribution in [0, 0.1) is 5.92 Å². The largest absolute Gasteiger partial charge is 0.397 e. The fourth-order valence-corrected chi connectivity index (χ4v) is 3.52. The lowest BCUT2D eigenvalue weighted by Crippen LogP contribution is -2.28. The maximum Gasteiger partial charge on any atom is 0.263 e. The summed E-state index contributed by atoms with van der Waals surface area (Å²) >= 11 is 4.81. The van der Waals surface area contributed by atoms with Crippen LogP contribution in [0.15, 0.2) is 22.7 Å². The van der Waals surface area contributed by atoms with Crippen LogP contribution in [0.1, 0.15) is 23.0 Å². The predicted octanol–water partition coefficient (Wildman–Crippen LogP) is 2.99. The molecule has 0 fully saturated rings. The zero-order chi connectivity index (χ0) is 14.7. The first-order valence-electron chi connectivity index (χ1n) is 6.39. The Hall–Kier alpha value is -1.11. The number of hydrogen-bond donors (Lipinski definition) is 3. The summed E-state index contributed by atoms with van der Waals surface area (Å²) < 4.78 is 1.96. The Morgan fingerprint density at radius 2 is 2.30 bits per heavy atom. The van der Waals surface area contributed by atoms with Crippen molar-refractivity contribution in [2.45, 2.75) is 13.3 Å². The van der Waals surface area contributed by atoms with E-state index in [4.69, 9.17) is 10.8 Å². The Kier molecular flexibility index (Phi) is 5.01. The number of amides is 1. The second-order valence-corrected chi connectivity index (χ2v) is 6.78. The number of anilines is 1. The third kappa shape index (κ3) is 3.31. The molecular formula is C14H17BrN2O2S. The van der Waals surface area contributed by atoms with Crippen LogP contribution in [0.3, 0.4) is 0 Å². The van der Waals surface area contributed by atoms with Crippen LogP contribution in [0.5, 0.6) is 0 Å². The summed E-state index contributed by atoms with van der Waals surface area (Å²) in [6, 6.07) is 5.79. The third-order valence-electron chi connectivity index (χ3n) is 3.13. The normalized spacial score (nSPS) is 12.6. The number of nitrogens with two attached hydrogens (primary N) is 1. The van der Waals surface area contributed by atoms with E-state index in [9.17, 15) is 4.79 Å². The summed E-state index contributed by atoms with van der Waals surface area (Å²) in [6.07, 6.45) is 0.676. The highest BCUT2D eigenvalue weighted by Gasteiger charge is 2.16. The highest BCUT2D eigenvalue weighted by Crippen LogP contribution is 2.35. The predicted molar refractivity (Wildman–Crippen MR) is 87.1 cm³/mol. The fraction of sp³-hybridized carbons (Fsp3) is 0.357. The smallest absolute Gasteiger partial charge is 0.263 e. The minimum atomic E-state index is -0.149. The maximum atomic E-state index is 12.2. The van der Waals surface area contributed by atoms with Crippen molar-refractivity contribution in [2.24, 2.45) is 5.92 Å². The Labute approximate surface area is 130 Å². The monoisotopic (exact) mass is 356 g/mol. The highest BCUT2D eigenvalue weighted by molar-refractivity contribution is 9.10. The third-order valence-corrected chi connectivity index (χ3v) is 4.79. The summed E-state index contributed by atoms with van der Waals surface area (Å²) in [5.41, 5.74) is 6.58. The number of benzene rings is 1. The summed E-state index contributed by atoms with van der Waals surface area (Å²) in [7, 11) is 0. The molecule has 0 radical (unpaired) electrons. The van der Waals surface area contributed by atoms with E-state index in [2.05, 4.69) is 21.2 Å². The van der Waals surface area contributed by atoms with E-state index in [0.717, 1.165) is 14.6 Å². The van der Waals surface area contributed by atoms with Gasteiger partial charge in [-0.05, 0) is 24.5 Å². The zero-order valence-corrected chi connectivity index (χ0v) is 13.6. The summed E-state index contributed by atoms with van der Waals surface area (Å²) in [5.74, 6) is 0.0957. The molecule has 1 amide bonds. The van der Waals surface area contributed by atoms with Crippen LogP contribution in [-0.4, -0.2) is 24.2 Å². The van der Waals surface area contributed by atoms with E-state index >= 15 is 0 Å². The number of aliphatic hydroxyl groups is 1. The average molecular weight is 357 g/mol. The number of rotatable bonds is 5. The number of nitrogens with one attached hydrogen (secondary N) is 1. The molecule has 20 heavy (non-hydrogen) atoms. The average Bonchev–Trinajstić information content (AvgIpc) is 2.73. The highest BCUT2D eigenvalue weighted by atomic mass is 79.9. The van der Waals surface area contributed by atoms with Gasteiger partial charge in [-0.3, -0.25) is 4.79 Å². The van der Waals surface area contributed by atoms with E-state index < -0.39 is 0 Å². The van der Waals surface area contributed by atoms with Gasteiger partial charge in [0.25, 0.3) is 5.91 Å². The van der Waals surface area contributed by atoms with Crippen LogP contribution in [0.4, 0.5) is 5.69 Å². The Bertz CT molecular complexity index is 627. The van der Waals surface area contributed by atoms with Crippen LogP contribution < -0.4 is 11.1 Å². The van der Waals surface area contributed by atoms with E-state index in [0.29, 0.717) is 23.5 Å². The van der Waals surface area contributed by atoms with Gasteiger partial charge in [0.1, 0.15) is 4.88 Å². The van der Waals surface area contributed by atoms with Gasteiger partial charge in [-0.2, -0.15) is 0 Å². The van der Waals surface area contributed by atoms with Gasteiger partial charge >= 0.3 is 0 Å². The quantitative estimate of drug-likeness (QED) is 0.770. The molecule has 0 spiro atoms. The second kappa shape index (κ2) is 6.56. The van der Waals surface area contributed by atoms with Crippen molar-refractivity contribution < 1.29 is 9.90 Å². The second-order valence-electron chi connectivity index (χ2n) is 4.81. The molecule has 2 rings (SSSR count). The minimum Gasteiger partial charge on any atom is -0.397 e. The fourth-order valence-electron chi connectivity index (χ4n) is 1.93. The van der Waals surface area contributed by atoms with E-state index in [-0.39, 0.29) is 18.4 Å². The van der Waals surface area contributed by atoms with Crippen molar-refractivity contribution in [3.05, 3.63) is 27.5 Å². The van der Waals surface area contributed by atoms with Crippen LogP contribution >= 0.6 is 27.3 Å². The molecule has 4 N–H and O–H groups in total. The van der Waals surface area contributed by atoms with Crippen molar-refractivity contribution in [3.8, 4) is 0 Å². The number of nitrogen functional groups attached to an aromatic ring is 1. The molecule has 108 valence electrons. The molecule has 1 atom stereocenters. The molecule has 1 heterocycles. The topological polar surface area (TPSA) is 75.3 Å². The molecule has 0 aliphatic rings. The molecule has 4 nitrogen and oxygen atoms in total. The van der Waals surface area contributed by atoms with Crippen molar-refractivity contribution in [1.82, 2.24) is 5.32 Å². The van der Waals surface area contributed by atoms with Gasteiger partial charge in [0.15, 0.2) is 0 Å². The number of fused-ring (bicyclic) bond motifs is 1. The SMILES string of the molecule is CC(CCO)CNC(=O)c1sc2cc(Br)ccc2c1N. The van der Waals surface area contributed by atoms with Gasteiger partial charge in [-0.15, -0.1) is 11.3 Å². The Balaban J connectivity index is 2.16. The van der Waals surface area contributed by atoms with Gasteiger partial charge in [0.05, 0.1) is 5.69 Å². The van der Waals surface area contributed by atoms with Gasteiger partial charge in [-0.1, -0.05) is 28.9 Å². The molecule has 0 saturated carbocycles. The summed E-state index contributed by atoms with van der Waals surface area (Å²) in [5, 5.41) is 12.6. The number of hydrogen-bond acceptors (Lipinski definition) is 4. The molecule has 0 aliphatic carbocycles. The molecule has 1 unspecified atom stereocenters. The molecule has 2 aromatic rings. The summed E-state index contributed by atoms with van der Waals surface area (Å²) in [6.45, 7) is 2.66. The number of aliphatic hydroxyl groups excluding tert-OH is 1. The molecule has 1 aromatic heterocycles. The molecular weight excluding hydrogens is 340 g/mol. The lowest BCUT2D eigenvalue weighted by Gasteiger charge is -2.10. The number of halogens is 1.